The van der Waals surface area contributed by atoms with E-state index in [0.29, 0.717) is 13.0 Å². The molecule has 14 heavy (non-hydrogen) atoms. The fraction of sp³-hybridized carbons (Fsp3) is 1.00. The first-order valence-electron chi connectivity index (χ1n) is 3.94. The smallest absolute Gasteiger partial charge is 0.327 e. The molecule has 2 unspecified atom stereocenters. The zero-order valence-electron chi connectivity index (χ0n) is 7.75. The first-order chi connectivity index (χ1) is 5.41. The van der Waals surface area contributed by atoms with Gasteiger partial charge in [0.15, 0.2) is 0 Å². The maximum absolute atomic E-state index is 12.2. The molecule has 0 aliphatic carbocycles. The van der Waals surface area contributed by atoms with Gasteiger partial charge in [0.2, 0.25) is 0 Å². The SMILES string of the molecule is CN1CC(N)CCC1C(F)(F)F.Cl.Cl. The number of alkyl halides is 3. The minimum Gasteiger partial charge on any atom is -0.327 e. The topological polar surface area (TPSA) is 29.3 Å². The quantitative estimate of drug-likeness (QED) is 0.715. The lowest BCUT2D eigenvalue weighted by atomic mass is 9.99. The van der Waals surface area contributed by atoms with Gasteiger partial charge in [-0.25, -0.2) is 0 Å². The largest absolute Gasteiger partial charge is 0.404 e. The van der Waals surface area contributed by atoms with Gasteiger partial charge in [-0.05, 0) is 19.9 Å². The van der Waals surface area contributed by atoms with E-state index in [1.165, 1.54) is 11.9 Å². The van der Waals surface area contributed by atoms with E-state index in [1.54, 1.807) is 0 Å². The normalized spacial score (nSPS) is 28.9. The van der Waals surface area contributed by atoms with Gasteiger partial charge in [0.05, 0.1) is 0 Å². The second-order valence-corrected chi connectivity index (χ2v) is 3.33. The minimum atomic E-state index is -4.10. The van der Waals surface area contributed by atoms with Crippen molar-refractivity contribution in [3.63, 3.8) is 0 Å². The molecule has 0 aromatic carbocycles. The van der Waals surface area contributed by atoms with Gasteiger partial charge in [-0.1, -0.05) is 0 Å². The predicted octanol–water partition coefficient (Wildman–Crippen LogP) is 1.81. The molecule has 2 atom stereocenters. The highest BCUT2D eigenvalue weighted by molar-refractivity contribution is 5.85. The fourth-order valence-electron chi connectivity index (χ4n) is 1.59. The number of nitrogens with two attached hydrogens (primary N) is 1. The van der Waals surface area contributed by atoms with Crippen LogP contribution in [0.1, 0.15) is 12.8 Å². The molecule has 7 heteroatoms. The van der Waals surface area contributed by atoms with Crippen LogP contribution in [0.4, 0.5) is 13.2 Å². The summed E-state index contributed by atoms with van der Waals surface area (Å²) >= 11 is 0. The molecule has 1 saturated heterocycles. The Kier molecular flexibility index (Phi) is 7.16. The third-order valence-corrected chi connectivity index (χ3v) is 2.24. The Balaban J connectivity index is 0. The van der Waals surface area contributed by atoms with Gasteiger partial charge in [-0.2, -0.15) is 13.2 Å². The maximum atomic E-state index is 12.2. The Morgan fingerprint density at radius 1 is 1.21 bits per heavy atom. The lowest BCUT2D eigenvalue weighted by Crippen LogP contribution is -2.52. The molecule has 0 saturated carbocycles. The highest BCUT2D eigenvalue weighted by atomic mass is 35.5. The third kappa shape index (κ3) is 4.21. The summed E-state index contributed by atoms with van der Waals surface area (Å²) in [5.41, 5.74) is 5.52. The van der Waals surface area contributed by atoms with Gasteiger partial charge in [-0.3, -0.25) is 4.90 Å². The maximum Gasteiger partial charge on any atom is 0.404 e. The zero-order valence-corrected chi connectivity index (χ0v) is 9.38. The first kappa shape index (κ1) is 16.7. The van der Waals surface area contributed by atoms with Crippen LogP contribution in [-0.4, -0.2) is 36.8 Å². The number of halogens is 5. The molecule has 0 bridgehead atoms. The van der Waals surface area contributed by atoms with E-state index < -0.39 is 12.2 Å². The van der Waals surface area contributed by atoms with Crippen molar-refractivity contribution in [1.82, 2.24) is 4.90 Å². The highest BCUT2D eigenvalue weighted by Gasteiger charge is 2.44. The van der Waals surface area contributed by atoms with Crippen LogP contribution >= 0.6 is 24.8 Å². The van der Waals surface area contributed by atoms with E-state index in [4.69, 9.17) is 5.73 Å². The lowest BCUT2D eigenvalue weighted by molar-refractivity contribution is -0.188. The molecule has 0 radical (unpaired) electrons. The van der Waals surface area contributed by atoms with Crippen molar-refractivity contribution >= 4 is 24.8 Å². The average molecular weight is 255 g/mol. The van der Waals surface area contributed by atoms with E-state index in [1.807, 2.05) is 0 Å². The van der Waals surface area contributed by atoms with Crippen molar-refractivity contribution in [3.05, 3.63) is 0 Å². The molecular weight excluding hydrogens is 240 g/mol. The number of hydrogen-bond donors (Lipinski definition) is 1. The van der Waals surface area contributed by atoms with Crippen molar-refractivity contribution in [2.75, 3.05) is 13.6 Å². The van der Waals surface area contributed by atoms with Gasteiger partial charge in [0.1, 0.15) is 6.04 Å². The summed E-state index contributed by atoms with van der Waals surface area (Å²) in [6.45, 7) is 0.337. The zero-order chi connectivity index (χ0) is 9.35. The number of rotatable bonds is 0. The van der Waals surface area contributed by atoms with Crippen molar-refractivity contribution in [1.29, 1.82) is 0 Å². The molecule has 1 fully saturated rings. The minimum absolute atomic E-state index is 0. The second kappa shape index (κ2) is 6.00. The summed E-state index contributed by atoms with van der Waals surface area (Å²) in [5, 5.41) is 0. The van der Waals surface area contributed by atoms with Crippen LogP contribution in [0, 0.1) is 0 Å². The Morgan fingerprint density at radius 2 is 1.71 bits per heavy atom. The van der Waals surface area contributed by atoms with Crippen LogP contribution in [0.25, 0.3) is 0 Å². The predicted molar refractivity (Wildman–Crippen MR) is 54.2 cm³/mol. The Labute approximate surface area is 93.8 Å². The molecule has 1 heterocycles. The first-order valence-corrected chi connectivity index (χ1v) is 3.94. The second-order valence-electron chi connectivity index (χ2n) is 3.33. The van der Waals surface area contributed by atoms with Crippen molar-refractivity contribution in [3.8, 4) is 0 Å². The van der Waals surface area contributed by atoms with Crippen LogP contribution in [0.5, 0.6) is 0 Å². The van der Waals surface area contributed by atoms with Crippen molar-refractivity contribution in [2.24, 2.45) is 5.73 Å². The summed E-state index contributed by atoms with van der Waals surface area (Å²) in [6, 6.07) is -1.40. The van der Waals surface area contributed by atoms with Gasteiger partial charge in [0, 0.05) is 12.6 Å². The molecule has 1 rings (SSSR count). The van der Waals surface area contributed by atoms with Crippen LogP contribution in [0.2, 0.25) is 0 Å². The lowest BCUT2D eigenvalue weighted by Gasteiger charge is -2.36. The molecule has 88 valence electrons. The molecule has 0 amide bonds. The Bertz CT molecular complexity index is 166. The average Bonchev–Trinajstić information content (AvgIpc) is 1.83. The summed E-state index contributed by atoms with van der Waals surface area (Å²) < 4.78 is 36.7. The standard InChI is InChI=1S/C7H13F3N2.2ClH/c1-12-4-5(11)2-3-6(12)7(8,9)10;;/h5-6H,2-4,11H2,1H3;2*1H. The van der Waals surface area contributed by atoms with Crippen molar-refractivity contribution in [2.45, 2.75) is 31.1 Å². The van der Waals surface area contributed by atoms with Crippen molar-refractivity contribution < 1.29 is 13.2 Å². The summed E-state index contributed by atoms with van der Waals surface area (Å²) in [4.78, 5) is 1.29. The van der Waals surface area contributed by atoms with E-state index >= 15 is 0 Å². The van der Waals surface area contributed by atoms with E-state index in [2.05, 4.69) is 0 Å². The monoisotopic (exact) mass is 254 g/mol. The molecule has 0 aromatic heterocycles. The van der Waals surface area contributed by atoms with Crippen LogP contribution < -0.4 is 5.73 Å². The molecular formula is C7H15Cl2F3N2. The van der Waals surface area contributed by atoms with E-state index in [9.17, 15) is 13.2 Å². The summed E-state index contributed by atoms with van der Waals surface area (Å²) in [7, 11) is 1.47. The van der Waals surface area contributed by atoms with Crippen LogP contribution in [0.15, 0.2) is 0 Å². The van der Waals surface area contributed by atoms with Gasteiger partial charge in [-0.15, -0.1) is 24.8 Å². The molecule has 2 nitrogen and oxygen atoms in total. The molecule has 0 aromatic rings. The highest BCUT2D eigenvalue weighted by Crippen LogP contribution is 2.30. The Morgan fingerprint density at radius 3 is 2.07 bits per heavy atom. The molecule has 1 aliphatic heterocycles. The number of hydrogen-bond acceptors (Lipinski definition) is 2. The van der Waals surface area contributed by atoms with Crippen LogP contribution in [-0.2, 0) is 0 Å². The van der Waals surface area contributed by atoms with Gasteiger partial charge in [0.25, 0.3) is 0 Å². The fourth-order valence-corrected chi connectivity index (χ4v) is 1.59. The number of piperidine rings is 1. The van der Waals surface area contributed by atoms with Gasteiger partial charge >= 0.3 is 6.18 Å². The molecule has 2 N–H and O–H groups in total. The number of nitrogens with zero attached hydrogens (tertiary/aromatic N) is 1. The summed E-state index contributed by atoms with van der Waals surface area (Å²) in [6.07, 6.45) is -3.51. The Hall–Kier alpha value is 0.290. The van der Waals surface area contributed by atoms with Gasteiger partial charge < -0.3 is 5.73 Å². The van der Waals surface area contributed by atoms with Crippen LogP contribution in [0.3, 0.4) is 0 Å². The molecule has 1 aliphatic rings. The number of likely N-dealkylation sites (tertiary alicyclic amines) is 1. The van der Waals surface area contributed by atoms with E-state index in [0.717, 1.165) is 0 Å². The molecule has 0 spiro atoms. The number of likely N-dealkylation sites (N-methyl/N-ethyl adjacent to an activating group) is 1. The third-order valence-electron chi connectivity index (χ3n) is 2.24. The summed E-state index contributed by atoms with van der Waals surface area (Å²) in [5.74, 6) is 0. The van der Waals surface area contributed by atoms with E-state index in [-0.39, 0.29) is 37.3 Å².